The average molecular weight is 425 g/mol. The largest absolute Gasteiger partial charge is 0.379 e. The third kappa shape index (κ3) is 5.27. The molecule has 0 radical (unpaired) electrons. The number of ether oxygens (including phenoxy) is 1. The predicted octanol–water partition coefficient (Wildman–Crippen LogP) is 2.88. The molecule has 0 saturated carbocycles. The molecule has 0 aliphatic carbocycles. The summed E-state index contributed by atoms with van der Waals surface area (Å²) in [5.74, 6) is 1.64. The minimum atomic E-state index is 0.306. The van der Waals surface area contributed by atoms with Crippen LogP contribution in [0, 0.1) is 0 Å². The highest BCUT2D eigenvalue weighted by Gasteiger charge is 2.23. The third-order valence-corrected chi connectivity index (χ3v) is 6.15. The van der Waals surface area contributed by atoms with Gasteiger partial charge in [0, 0.05) is 31.6 Å². The van der Waals surface area contributed by atoms with E-state index < -0.39 is 0 Å². The van der Waals surface area contributed by atoms with Crippen molar-refractivity contribution in [1.82, 2.24) is 25.5 Å². The standard InChI is InChI=1S/C22H28N6OS/c1-23-22(26-16-21-24-14-18(27-21)17-6-3-2-4-7-17)25-15-19(20-8-5-13-30-20)28-9-11-29-12-10-28/h2-8,13-14,19H,9-12,15-16H2,1H3,(H,24,27)(H2,23,25,26). The molecule has 0 spiro atoms. The second-order valence-corrected chi connectivity index (χ2v) is 8.08. The van der Waals surface area contributed by atoms with Gasteiger partial charge in [-0.1, -0.05) is 36.4 Å². The normalized spacial score (nSPS) is 16.4. The Morgan fingerprint density at radius 3 is 2.77 bits per heavy atom. The van der Waals surface area contributed by atoms with Crippen LogP contribution in [0.4, 0.5) is 0 Å². The number of aromatic amines is 1. The first-order valence-corrected chi connectivity index (χ1v) is 11.1. The molecule has 158 valence electrons. The average Bonchev–Trinajstić information content (AvgIpc) is 3.50. The summed E-state index contributed by atoms with van der Waals surface area (Å²) < 4.78 is 5.53. The Labute approximate surface area is 181 Å². The minimum Gasteiger partial charge on any atom is -0.379 e. The quantitative estimate of drug-likeness (QED) is 0.402. The molecular formula is C22H28N6OS. The van der Waals surface area contributed by atoms with Gasteiger partial charge < -0.3 is 20.4 Å². The van der Waals surface area contributed by atoms with Gasteiger partial charge in [0.15, 0.2) is 5.96 Å². The lowest BCUT2D eigenvalue weighted by molar-refractivity contribution is 0.0177. The monoisotopic (exact) mass is 424 g/mol. The molecule has 7 nitrogen and oxygen atoms in total. The van der Waals surface area contributed by atoms with Crippen molar-refractivity contribution in [2.45, 2.75) is 12.6 Å². The molecule has 2 aromatic heterocycles. The van der Waals surface area contributed by atoms with Gasteiger partial charge in [0.25, 0.3) is 0 Å². The van der Waals surface area contributed by atoms with Crippen molar-refractivity contribution >= 4 is 17.3 Å². The predicted molar refractivity (Wildman–Crippen MR) is 122 cm³/mol. The molecule has 3 aromatic rings. The Bertz CT molecular complexity index is 918. The Morgan fingerprint density at radius 2 is 2.03 bits per heavy atom. The zero-order valence-corrected chi connectivity index (χ0v) is 18.0. The van der Waals surface area contributed by atoms with Crippen LogP contribution >= 0.6 is 11.3 Å². The number of H-pyrrole nitrogens is 1. The first kappa shape index (κ1) is 20.6. The maximum Gasteiger partial charge on any atom is 0.191 e. The van der Waals surface area contributed by atoms with E-state index in [1.165, 1.54) is 4.88 Å². The van der Waals surface area contributed by atoms with Crippen LogP contribution in [0.2, 0.25) is 0 Å². The number of guanidine groups is 1. The summed E-state index contributed by atoms with van der Waals surface area (Å²) in [5, 5.41) is 8.98. The van der Waals surface area contributed by atoms with E-state index in [2.05, 4.69) is 60.1 Å². The van der Waals surface area contributed by atoms with Gasteiger partial charge in [0.05, 0.1) is 37.7 Å². The van der Waals surface area contributed by atoms with E-state index in [9.17, 15) is 0 Å². The van der Waals surface area contributed by atoms with Crippen LogP contribution in [0.25, 0.3) is 11.3 Å². The highest BCUT2D eigenvalue weighted by Crippen LogP contribution is 2.25. The number of nitrogens with one attached hydrogen (secondary N) is 3. The van der Waals surface area contributed by atoms with Crippen molar-refractivity contribution in [3.63, 3.8) is 0 Å². The number of morpholine rings is 1. The van der Waals surface area contributed by atoms with Gasteiger partial charge in [-0.2, -0.15) is 0 Å². The number of thiophene rings is 1. The molecule has 1 atom stereocenters. The SMILES string of the molecule is CN=C(NCc1ncc(-c2ccccc2)[nH]1)NCC(c1cccs1)N1CCOCC1. The molecule has 1 saturated heterocycles. The molecule has 1 aliphatic heterocycles. The second-order valence-electron chi connectivity index (χ2n) is 7.10. The fourth-order valence-electron chi connectivity index (χ4n) is 3.58. The van der Waals surface area contributed by atoms with E-state index in [0.717, 1.165) is 55.9 Å². The van der Waals surface area contributed by atoms with Gasteiger partial charge in [0.2, 0.25) is 0 Å². The molecule has 4 rings (SSSR count). The zero-order chi connectivity index (χ0) is 20.6. The van der Waals surface area contributed by atoms with Crippen molar-refractivity contribution in [1.29, 1.82) is 0 Å². The number of hydrogen-bond donors (Lipinski definition) is 3. The molecule has 8 heteroatoms. The Morgan fingerprint density at radius 1 is 1.20 bits per heavy atom. The summed E-state index contributed by atoms with van der Waals surface area (Å²) >= 11 is 1.80. The van der Waals surface area contributed by atoms with E-state index in [0.29, 0.717) is 12.6 Å². The Hall–Kier alpha value is -2.68. The fourth-order valence-corrected chi connectivity index (χ4v) is 4.44. The highest BCUT2D eigenvalue weighted by molar-refractivity contribution is 7.10. The third-order valence-electron chi connectivity index (χ3n) is 5.18. The van der Waals surface area contributed by atoms with E-state index in [-0.39, 0.29) is 0 Å². The van der Waals surface area contributed by atoms with Crippen LogP contribution < -0.4 is 10.6 Å². The van der Waals surface area contributed by atoms with Crippen molar-refractivity contribution in [2.75, 3.05) is 39.9 Å². The van der Waals surface area contributed by atoms with Gasteiger partial charge >= 0.3 is 0 Å². The first-order chi connectivity index (χ1) is 14.8. The van der Waals surface area contributed by atoms with Gasteiger partial charge in [-0.25, -0.2) is 4.98 Å². The van der Waals surface area contributed by atoms with Crippen LogP contribution in [0.1, 0.15) is 16.7 Å². The van der Waals surface area contributed by atoms with Crippen LogP contribution in [0.5, 0.6) is 0 Å². The van der Waals surface area contributed by atoms with Crippen LogP contribution in [-0.2, 0) is 11.3 Å². The summed E-state index contributed by atoms with van der Waals surface area (Å²) in [6.07, 6.45) is 1.87. The minimum absolute atomic E-state index is 0.306. The summed E-state index contributed by atoms with van der Waals surface area (Å²) in [7, 11) is 1.79. The molecule has 0 amide bonds. The van der Waals surface area contributed by atoms with Crippen LogP contribution in [0.15, 0.2) is 59.0 Å². The second kappa shape index (κ2) is 10.4. The van der Waals surface area contributed by atoms with E-state index >= 15 is 0 Å². The molecule has 3 N–H and O–H groups in total. The van der Waals surface area contributed by atoms with Gasteiger partial charge in [0.1, 0.15) is 5.82 Å². The molecule has 0 bridgehead atoms. The molecule has 30 heavy (non-hydrogen) atoms. The lowest BCUT2D eigenvalue weighted by Gasteiger charge is -2.34. The summed E-state index contributed by atoms with van der Waals surface area (Å²) in [6.45, 7) is 4.84. The number of hydrogen-bond acceptors (Lipinski definition) is 5. The van der Waals surface area contributed by atoms with Gasteiger partial charge in [-0.15, -0.1) is 11.3 Å². The molecule has 1 unspecified atom stereocenters. The lowest BCUT2D eigenvalue weighted by Crippen LogP contribution is -2.46. The zero-order valence-electron chi connectivity index (χ0n) is 17.2. The Kier molecular flexibility index (Phi) is 7.12. The van der Waals surface area contributed by atoms with Gasteiger partial charge in [-0.05, 0) is 17.0 Å². The number of aromatic nitrogens is 2. The molecule has 3 heterocycles. The fraction of sp³-hybridized carbons (Fsp3) is 0.364. The first-order valence-electron chi connectivity index (χ1n) is 10.2. The van der Waals surface area contributed by atoms with Gasteiger partial charge in [-0.3, -0.25) is 9.89 Å². The molecule has 1 fully saturated rings. The molecule has 1 aromatic carbocycles. The highest BCUT2D eigenvalue weighted by atomic mass is 32.1. The van der Waals surface area contributed by atoms with E-state index in [4.69, 9.17) is 4.74 Å². The van der Waals surface area contributed by atoms with Crippen molar-refractivity contribution in [3.05, 3.63) is 64.7 Å². The van der Waals surface area contributed by atoms with E-state index in [1.54, 1.807) is 18.4 Å². The smallest absolute Gasteiger partial charge is 0.191 e. The molecule has 1 aliphatic rings. The summed E-state index contributed by atoms with van der Waals surface area (Å²) in [6, 6.07) is 14.8. The summed E-state index contributed by atoms with van der Waals surface area (Å²) in [5.41, 5.74) is 2.14. The van der Waals surface area contributed by atoms with E-state index in [1.807, 2.05) is 24.4 Å². The number of benzene rings is 1. The summed E-state index contributed by atoms with van der Waals surface area (Å²) in [4.78, 5) is 16.1. The maximum atomic E-state index is 5.53. The van der Waals surface area contributed by atoms with Crippen molar-refractivity contribution in [2.24, 2.45) is 4.99 Å². The van der Waals surface area contributed by atoms with Crippen LogP contribution in [0.3, 0.4) is 0 Å². The van der Waals surface area contributed by atoms with Crippen molar-refractivity contribution < 1.29 is 4.74 Å². The lowest BCUT2D eigenvalue weighted by atomic mass is 10.2. The topological polar surface area (TPSA) is 77.6 Å². The molecular weight excluding hydrogens is 396 g/mol. The number of imidazole rings is 1. The number of nitrogens with zero attached hydrogens (tertiary/aromatic N) is 3. The number of rotatable bonds is 7. The number of aliphatic imine (C=N–C) groups is 1. The Balaban J connectivity index is 1.33. The van der Waals surface area contributed by atoms with Crippen LogP contribution in [-0.4, -0.2) is 60.7 Å². The maximum absolute atomic E-state index is 5.53. The van der Waals surface area contributed by atoms with Crippen molar-refractivity contribution in [3.8, 4) is 11.3 Å².